The van der Waals surface area contributed by atoms with Gasteiger partial charge >= 0.3 is 0 Å². The van der Waals surface area contributed by atoms with Gasteiger partial charge in [-0.15, -0.1) is 0 Å². The summed E-state index contributed by atoms with van der Waals surface area (Å²) in [6.07, 6.45) is 4.18. The number of carbonyl (C=O) groups is 1. The fourth-order valence-electron chi connectivity index (χ4n) is 4.15. The molecular formula is C26H33F2N3O2. The lowest BCUT2D eigenvalue weighted by Gasteiger charge is -2.23. The quantitative estimate of drug-likeness (QED) is 0.362. The van der Waals surface area contributed by atoms with Gasteiger partial charge in [0.25, 0.3) is 0 Å². The number of carbonyl (C=O) groups excluding carboxylic acids is 1. The van der Waals surface area contributed by atoms with Gasteiger partial charge in [-0.2, -0.15) is 5.10 Å². The van der Waals surface area contributed by atoms with Crippen molar-refractivity contribution in [3.8, 4) is 5.88 Å². The van der Waals surface area contributed by atoms with Crippen molar-refractivity contribution >= 4 is 11.3 Å². The highest BCUT2D eigenvalue weighted by Gasteiger charge is 2.25. The predicted molar refractivity (Wildman–Crippen MR) is 126 cm³/mol. The molecule has 2 aromatic heterocycles. The number of ether oxygens (including phenoxy) is 1. The zero-order valence-electron chi connectivity index (χ0n) is 19.9. The van der Waals surface area contributed by atoms with Crippen molar-refractivity contribution in [3.05, 3.63) is 64.4 Å². The number of rotatable bonds is 11. The summed E-state index contributed by atoms with van der Waals surface area (Å²) >= 11 is 0. The molecular weight excluding hydrogens is 424 g/mol. The molecule has 1 unspecified atom stereocenters. The van der Waals surface area contributed by atoms with E-state index in [9.17, 15) is 13.6 Å². The van der Waals surface area contributed by atoms with E-state index in [1.165, 1.54) is 18.2 Å². The average molecular weight is 458 g/mol. The first kappa shape index (κ1) is 24.8. The van der Waals surface area contributed by atoms with E-state index in [0.29, 0.717) is 41.9 Å². The number of aryl methyl sites for hydroxylation is 2. The van der Waals surface area contributed by atoms with Gasteiger partial charge in [-0.3, -0.25) is 4.79 Å². The molecule has 1 atom stereocenters. The summed E-state index contributed by atoms with van der Waals surface area (Å²) in [7, 11) is 0. The number of hydrogen-bond donors (Lipinski definition) is 1. The Balaban J connectivity index is 1.97. The minimum atomic E-state index is -0.668. The maximum absolute atomic E-state index is 14.1. The number of hydrogen-bond acceptors (Lipinski definition) is 4. The Morgan fingerprint density at radius 3 is 2.48 bits per heavy atom. The Kier molecular flexibility index (Phi) is 7.84. The molecule has 2 N–H and O–H groups in total. The lowest BCUT2D eigenvalue weighted by atomic mass is 9.89. The second kappa shape index (κ2) is 10.4. The van der Waals surface area contributed by atoms with Crippen LogP contribution in [-0.2, 0) is 13.0 Å². The normalized spacial score (nSPS) is 13.3. The molecule has 7 heteroatoms. The van der Waals surface area contributed by atoms with E-state index in [0.717, 1.165) is 24.8 Å². The summed E-state index contributed by atoms with van der Waals surface area (Å²) in [6, 6.07) is 7.35. The molecule has 5 nitrogen and oxygen atoms in total. The summed E-state index contributed by atoms with van der Waals surface area (Å²) in [5.41, 5.74) is 8.58. The Hall–Kier alpha value is -2.80. The Morgan fingerprint density at radius 1 is 1.15 bits per heavy atom. The van der Waals surface area contributed by atoms with Crippen LogP contribution in [0, 0.1) is 18.6 Å². The SMILES string of the molecule is CCCc1nn2c(OCc3c(F)cccc3F)cc(C)cc2c1C(=O)CCC(C)(N)CCC. The third-order valence-electron chi connectivity index (χ3n) is 5.85. The van der Waals surface area contributed by atoms with Crippen molar-refractivity contribution in [1.82, 2.24) is 9.61 Å². The van der Waals surface area contributed by atoms with Crippen molar-refractivity contribution in [2.45, 2.75) is 78.4 Å². The fraction of sp³-hybridized carbons (Fsp3) is 0.462. The van der Waals surface area contributed by atoms with E-state index in [-0.39, 0.29) is 18.0 Å². The number of benzene rings is 1. The van der Waals surface area contributed by atoms with Crippen LogP contribution in [0.15, 0.2) is 30.3 Å². The standard InChI is InChI=1S/C26H33F2N3O2/c1-5-8-21-25(23(32)11-13-26(4,29)12-6-2)22-14-17(3)15-24(31(22)30-21)33-16-18-19(27)9-7-10-20(18)28/h7,9-10,14-15H,5-6,8,11-13,16,29H2,1-4H3. The van der Waals surface area contributed by atoms with Crippen molar-refractivity contribution in [3.63, 3.8) is 0 Å². The zero-order chi connectivity index (χ0) is 24.2. The first-order valence-corrected chi connectivity index (χ1v) is 11.6. The monoisotopic (exact) mass is 457 g/mol. The number of nitrogens with two attached hydrogens (primary N) is 1. The fourth-order valence-corrected chi connectivity index (χ4v) is 4.15. The van der Waals surface area contributed by atoms with E-state index in [1.807, 2.05) is 26.8 Å². The smallest absolute Gasteiger partial charge is 0.215 e. The Morgan fingerprint density at radius 2 is 1.85 bits per heavy atom. The maximum Gasteiger partial charge on any atom is 0.215 e. The van der Waals surface area contributed by atoms with Crippen molar-refractivity contribution in [2.75, 3.05) is 0 Å². The summed E-state index contributed by atoms with van der Waals surface area (Å²) in [5, 5.41) is 4.65. The van der Waals surface area contributed by atoms with Gasteiger partial charge in [-0.1, -0.05) is 32.8 Å². The molecule has 0 saturated carbocycles. The highest BCUT2D eigenvalue weighted by Crippen LogP contribution is 2.28. The number of Topliss-reactive ketones (excluding diaryl/α,β-unsaturated/α-hetero) is 1. The molecule has 0 saturated heterocycles. The minimum absolute atomic E-state index is 0.00192. The molecule has 0 bridgehead atoms. The largest absolute Gasteiger partial charge is 0.473 e. The van der Waals surface area contributed by atoms with Crippen LogP contribution in [0.3, 0.4) is 0 Å². The first-order chi connectivity index (χ1) is 15.7. The number of halogens is 2. The van der Waals surface area contributed by atoms with E-state index >= 15 is 0 Å². The molecule has 3 aromatic rings. The van der Waals surface area contributed by atoms with Crippen LogP contribution >= 0.6 is 0 Å². The third kappa shape index (κ3) is 5.77. The molecule has 0 radical (unpaired) electrons. The molecule has 0 fully saturated rings. The minimum Gasteiger partial charge on any atom is -0.473 e. The summed E-state index contributed by atoms with van der Waals surface area (Å²) < 4.78 is 35.5. The predicted octanol–water partition coefficient (Wildman–Crippen LogP) is 5.93. The second-order valence-electron chi connectivity index (χ2n) is 9.06. The van der Waals surface area contributed by atoms with Gasteiger partial charge in [-0.25, -0.2) is 13.3 Å². The van der Waals surface area contributed by atoms with Crippen molar-refractivity contribution in [1.29, 1.82) is 0 Å². The number of ketones is 1. The Bertz CT molecular complexity index is 1120. The molecule has 178 valence electrons. The maximum atomic E-state index is 14.1. The van der Waals surface area contributed by atoms with Crippen LogP contribution in [0.5, 0.6) is 5.88 Å². The van der Waals surface area contributed by atoms with Gasteiger partial charge in [0.1, 0.15) is 18.2 Å². The molecule has 3 rings (SSSR count). The van der Waals surface area contributed by atoms with Crippen molar-refractivity contribution < 1.29 is 18.3 Å². The van der Waals surface area contributed by atoms with Crippen LogP contribution in [0.4, 0.5) is 8.78 Å². The average Bonchev–Trinajstić information content (AvgIpc) is 3.10. The van der Waals surface area contributed by atoms with Crippen LogP contribution in [0.1, 0.15) is 80.1 Å². The van der Waals surface area contributed by atoms with Gasteiger partial charge in [0, 0.05) is 18.0 Å². The molecule has 1 aromatic carbocycles. The summed E-state index contributed by atoms with van der Waals surface area (Å²) in [5.74, 6) is -1.01. The number of aromatic nitrogens is 2. The van der Waals surface area contributed by atoms with Crippen LogP contribution in [0.25, 0.3) is 5.52 Å². The van der Waals surface area contributed by atoms with Crippen LogP contribution in [0.2, 0.25) is 0 Å². The highest BCUT2D eigenvalue weighted by atomic mass is 19.1. The second-order valence-corrected chi connectivity index (χ2v) is 9.06. The summed E-state index contributed by atoms with van der Waals surface area (Å²) in [4.78, 5) is 13.3. The number of nitrogens with zero attached hydrogens (tertiary/aromatic N) is 2. The third-order valence-corrected chi connectivity index (χ3v) is 5.85. The van der Waals surface area contributed by atoms with Gasteiger partial charge < -0.3 is 10.5 Å². The van der Waals surface area contributed by atoms with Crippen molar-refractivity contribution in [2.24, 2.45) is 5.73 Å². The lowest BCUT2D eigenvalue weighted by Crippen LogP contribution is -2.36. The van der Waals surface area contributed by atoms with Gasteiger partial charge in [0.2, 0.25) is 5.88 Å². The molecule has 33 heavy (non-hydrogen) atoms. The first-order valence-electron chi connectivity index (χ1n) is 11.6. The number of fused-ring (bicyclic) bond motifs is 1. The van der Waals surface area contributed by atoms with Crippen LogP contribution in [-0.4, -0.2) is 20.9 Å². The Labute approximate surface area is 193 Å². The number of pyridine rings is 1. The van der Waals surface area contributed by atoms with E-state index in [2.05, 4.69) is 12.0 Å². The molecule has 0 amide bonds. The van der Waals surface area contributed by atoms with E-state index < -0.39 is 17.2 Å². The molecule has 0 aliphatic carbocycles. The molecule has 2 heterocycles. The zero-order valence-corrected chi connectivity index (χ0v) is 19.9. The highest BCUT2D eigenvalue weighted by molar-refractivity contribution is 6.03. The lowest BCUT2D eigenvalue weighted by molar-refractivity contribution is 0.0971. The van der Waals surface area contributed by atoms with Crippen LogP contribution < -0.4 is 10.5 Å². The summed E-state index contributed by atoms with van der Waals surface area (Å²) in [6.45, 7) is 7.68. The molecule has 0 spiro atoms. The van der Waals surface area contributed by atoms with Gasteiger partial charge in [-0.05, 0) is 56.9 Å². The topological polar surface area (TPSA) is 69.6 Å². The van der Waals surface area contributed by atoms with E-state index in [1.54, 1.807) is 10.6 Å². The molecule has 0 aliphatic rings. The van der Waals surface area contributed by atoms with E-state index in [4.69, 9.17) is 10.5 Å². The van der Waals surface area contributed by atoms with Gasteiger partial charge in [0.15, 0.2) is 5.78 Å². The van der Waals surface area contributed by atoms with Gasteiger partial charge in [0.05, 0.1) is 22.3 Å². The molecule has 0 aliphatic heterocycles.